The van der Waals surface area contributed by atoms with Crippen molar-refractivity contribution in [2.45, 2.75) is 19.9 Å². The molecular formula is C13H10CoO3S4. The Labute approximate surface area is 148 Å². The monoisotopic (exact) mass is 401 g/mol. The van der Waals surface area contributed by atoms with Gasteiger partial charge in [0.25, 0.3) is 4.06 Å². The van der Waals surface area contributed by atoms with E-state index in [1.54, 1.807) is 36.1 Å². The molecule has 8 heteroatoms. The van der Waals surface area contributed by atoms with Crippen LogP contribution >= 0.6 is 46.2 Å². The van der Waals surface area contributed by atoms with E-state index in [0.29, 0.717) is 0 Å². The van der Waals surface area contributed by atoms with Crippen LogP contribution in [0.25, 0.3) is 0 Å². The van der Waals surface area contributed by atoms with E-state index in [4.69, 9.17) is 8.83 Å². The molecule has 0 unspecified atom stereocenters. The Bertz CT molecular complexity index is 641. The molecule has 1 radical (unpaired) electrons. The fourth-order valence-corrected chi connectivity index (χ4v) is 6.54. The molecule has 0 spiro atoms. The predicted molar refractivity (Wildman–Crippen MR) is 85.0 cm³/mol. The average Bonchev–Trinajstić information content (AvgIpc) is 3.16. The SMILES string of the molecule is O=c1sc(SCc2ccco2)c(SCc2ccco2)s1.[Co]. The molecule has 0 fully saturated rings. The zero-order valence-corrected chi connectivity index (χ0v) is 14.9. The van der Waals surface area contributed by atoms with Crippen LogP contribution in [0.15, 0.2) is 58.8 Å². The predicted octanol–water partition coefficient (Wildman–Crippen LogP) is 4.94. The van der Waals surface area contributed by atoms with Gasteiger partial charge in [-0.3, -0.25) is 4.79 Å². The molecular weight excluding hydrogens is 391 g/mol. The molecule has 21 heavy (non-hydrogen) atoms. The summed E-state index contributed by atoms with van der Waals surface area (Å²) >= 11 is 5.91. The molecule has 0 aliphatic heterocycles. The van der Waals surface area contributed by atoms with Crippen molar-refractivity contribution in [3.05, 3.63) is 57.2 Å². The summed E-state index contributed by atoms with van der Waals surface area (Å²) in [6.45, 7) is 0. The molecule has 0 saturated heterocycles. The maximum atomic E-state index is 11.6. The van der Waals surface area contributed by atoms with Gasteiger partial charge in [-0.2, -0.15) is 0 Å². The van der Waals surface area contributed by atoms with Gasteiger partial charge in [-0.25, -0.2) is 0 Å². The van der Waals surface area contributed by atoms with E-state index in [9.17, 15) is 4.79 Å². The number of thioether (sulfide) groups is 2. The van der Waals surface area contributed by atoms with Crippen LogP contribution in [0.1, 0.15) is 11.5 Å². The van der Waals surface area contributed by atoms with Gasteiger partial charge in [0, 0.05) is 16.8 Å². The fraction of sp³-hybridized carbons (Fsp3) is 0.154. The largest absolute Gasteiger partial charge is 0.468 e. The molecule has 3 rings (SSSR count). The number of hydrogen-bond acceptors (Lipinski definition) is 7. The summed E-state index contributed by atoms with van der Waals surface area (Å²) in [6, 6.07) is 7.63. The molecule has 3 nitrogen and oxygen atoms in total. The summed E-state index contributed by atoms with van der Waals surface area (Å²) < 4.78 is 12.9. The standard InChI is InChI=1S/C13H10O3S4.Co/c14-13-19-11(17-7-9-3-1-5-15-9)12(20-13)18-8-10-4-2-6-16-10;/h1-6H,7-8H2;. The van der Waals surface area contributed by atoms with Crippen molar-refractivity contribution in [3.8, 4) is 0 Å². The van der Waals surface area contributed by atoms with Gasteiger partial charge in [0.1, 0.15) is 11.5 Å². The van der Waals surface area contributed by atoms with Crippen molar-refractivity contribution >= 4 is 46.2 Å². The Morgan fingerprint density at radius 2 is 1.38 bits per heavy atom. The maximum Gasteiger partial charge on any atom is 0.289 e. The summed E-state index contributed by atoms with van der Waals surface area (Å²) in [5.41, 5.74) is 0. The van der Waals surface area contributed by atoms with E-state index >= 15 is 0 Å². The van der Waals surface area contributed by atoms with E-state index in [-0.39, 0.29) is 20.8 Å². The minimum atomic E-state index is 0. The van der Waals surface area contributed by atoms with Crippen molar-refractivity contribution in [1.29, 1.82) is 0 Å². The van der Waals surface area contributed by atoms with Crippen LogP contribution in [-0.2, 0) is 28.3 Å². The molecule has 3 heterocycles. The van der Waals surface area contributed by atoms with Gasteiger partial charge < -0.3 is 8.83 Å². The Morgan fingerprint density at radius 1 is 0.905 bits per heavy atom. The van der Waals surface area contributed by atoms with Crippen molar-refractivity contribution in [2.75, 3.05) is 0 Å². The molecule has 3 aromatic heterocycles. The Balaban J connectivity index is 0.00000161. The zero-order valence-electron chi connectivity index (χ0n) is 10.6. The second kappa shape index (κ2) is 8.30. The first-order chi connectivity index (χ1) is 9.81. The number of hydrogen-bond donors (Lipinski definition) is 0. The van der Waals surface area contributed by atoms with E-state index in [0.717, 1.165) is 31.4 Å². The number of furan rings is 2. The van der Waals surface area contributed by atoms with Crippen LogP contribution in [0, 0.1) is 0 Å². The van der Waals surface area contributed by atoms with Gasteiger partial charge >= 0.3 is 0 Å². The van der Waals surface area contributed by atoms with Crippen molar-refractivity contribution in [1.82, 2.24) is 0 Å². The average molecular weight is 401 g/mol. The third kappa shape index (κ3) is 4.80. The first kappa shape index (κ1) is 17.0. The first-order valence-electron chi connectivity index (χ1n) is 5.75. The van der Waals surface area contributed by atoms with E-state index in [2.05, 4.69) is 0 Å². The Kier molecular flexibility index (Phi) is 6.71. The van der Waals surface area contributed by atoms with Crippen LogP contribution < -0.4 is 4.06 Å². The molecule has 0 aromatic carbocycles. The summed E-state index contributed by atoms with van der Waals surface area (Å²) in [4.78, 5) is 11.6. The summed E-state index contributed by atoms with van der Waals surface area (Å²) in [7, 11) is 0. The third-order valence-corrected chi connectivity index (χ3v) is 7.50. The van der Waals surface area contributed by atoms with Gasteiger partial charge in [-0.05, 0) is 24.3 Å². The number of rotatable bonds is 6. The van der Waals surface area contributed by atoms with Crippen molar-refractivity contribution in [3.63, 3.8) is 0 Å². The second-order valence-electron chi connectivity index (χ2n) is 3.77. The van der Waals surface area contributed by atoms with Gasteiger partial charge in [0.15, 0.2) is 0 Å². The quantitative estimate of drug-likeness (QED) is 0.548. The minimum Gasteiger partial charge on any atom is -0.468 e. The van der Waals surface area contributed by atoms with Crippen LogP contribution in [-0.4, -0.2) is 0 Å². The summed E-state index contributed by atoms with van der Waals surface area (Å²) in [5.74, 6) is 3.33. The summed E-state index contributed by atoms with van der Waals surface area (Å²) in [6.07, 6.45) is 3.33. The normalized spacial score (nSPS) is 10.5. The van der Waals surface area contributed by atoms with Gasteiger partial charge in [0.2, 0.25) is 0 Å². The Morgan fingerprint density at radius 3 is 1.76 bits per heavy atom. The minimum absolute atomic E-state index is 0. The van der Waals surface area contributed by atoms with E-state index < -0.39 is 0 Å². The molecule has 0 aliphatic rings. The molecule has 0 atom stereocenters. The molecule has 3 aromatic rings. The van der Waals surface area contributed by atoms with Crippen LogP contribution in [0.5, 0.6) is 0 Å². The molecule has 0 N–H and O–H groups in total. The third-order valence-electron chi connectivity index (χ3n) is 2.37. The first-order valence-corrected chi connectivity index (χ1v) is 9.36. The summed E-state index contributed by atoms with van der Waals surface area (Å²) in [5, 5.41) is 0. The van der Waals surface area contributed by atoms with Crippen molar-refractivity contribution in [2.24, 2.45) is 0 Å². The molecule has 0 bridgehead atoms. The van der Waals surface area contributed by atoms with E-state index in [1.807, 2.05) is 24.3 Å². The van der Waals surface area contributed by atoms with Crippen LogP contribution in [0.3, 0.4) is 0 Å². The smallest absolute Gasteiger partial charge is 0.289 e. The van der Waals surface area contributed by atoms with Crippen LogP contribution in [0.2, 0.25) is 0 Å². The molecule has 0 amide bonds. The van der Waals surface area contributed by atoms with Gasteiger partial charge in [-0.15, -0.1) is 23.5 Å². The maximum absolute atomic E-state index is 11.6. The molecule has 0 saturated carbocycles. The zero-order chi connectivity index (χ0) is 13.8. The topological polar surface area (TPSA) is 43.4 Å². The van der Waals surface area contributed by atoms with Gasteiger partial charge in [-0.1, -0.05) is 22.7 Å². The van der Waals surface area contributed by atoms with E-state index in [1.165, 1.54) is 22.7 Å². The fourth-order valence-electron chi connectivity index (χ4n) is 1.50. The molecule has 113 valence electrons. The Hall–Kier alpha value is -0.384. The van der Waals surface area contributed by atoms with Crippen LogP contribution in [0.4, 0.5) is 0 Å². The van der Waals surface area contributed by atoms with Gasteiger partial charge in [0.05, 0.1) is 32.5 Å². The van der Waals surface area contributed by atoms with Crippen molar-refractivity contribution < 1.29 is 25.6 Å². The molecule has 0 aliphatic carbocycles. The second-order valence-corrected chi connectivity index (χ2v) is 8.48.